The highest BCUT2D eigenvalue weighted by Gasteiger charge is 2.24. The summed E-state index contributed by atoms with van der Waals surface area (Å²) in [6, 6.07) is 9.36. The van der Waals surface area contributed by atoms with Crippen molar-refractivity contribution in [1.29, 1.82) is 0 Å². The molecule has 0 spiro atoms. The van der Waals surface area contributed by atoms with Gasteiger partial charge in [-0.05, 0) is 39.7 Å². The highest BCUT2D eigenvalue weighted by atomic mass is 32.2. The van der Waals surface area contributed by atoms with Crippen LogP contribution in [0.3, 0.4) is 0 Å². The van der Waals surface area contributed by atoms with Crippen molar-refractivity contribution in [2.24, 2.45) is 0 Å². The molecule has 100 valence electrons. The first kappa shape index (κ1) is 15.1. The molecule has 0 saturated heterocycles. The summed E-state index contributed by atoms with van der Waals surface area (Å²) >= 11 is 0. The minimum Gasteiger partial charge on any atom is -0.298 e. The number of hydrogen-bond donors (Lipinski definition) is 1. The Morgan fingerprint density at radius 1 is 1.28 bits per heavy atom. The van der Waals surface area contributed by atoms with E-state index in [4.69, 9.17) is 0 Å². The summed E-state index contributed by atoms with van der Waals surface area (Å²) in [5.74, 6) is 0.0106. The summed E-state index contributed by atoms with van der Waals surface area (Å²) in [7, 11) is -1.23. The molecule has 1 aromatic carbocycles. The zero-order valence-corrected chi connectivity index (χ0v) is 12.2. The molecule has 0 aromatic heterocycles. The number of hydrogen-bond acceptors (Lipinski definition) is 2. The van der Waals surface area contributed by atoms with E-state index in [1.165, 1.54) is 6.92 Å². The molecule has 0 bridgehead atoms. The summed E-state index contributed by atoms with van der Waals surface area (Å²) in [6.45, 7) is 7.18. The van der Waals surface area contributed by atoms with Crippen molar-refractivity contribution in [3.63, 3.8) is 0 Å². The van der Waals surface area contributed by atoms with Gasteiger partial charge in [0.25, 0.3) is 0 Å². The Morgan fingerprint density at radius 3 is 2.28 bits per heavy atom. The van der Waals surface area contributed by atoms with Crippen LogP contribution in [0, 0.1) is 0 Å². The van der Waals surface area contributed by atoms with E-state index in [-0.39, 0.29) is 10.5 Å². The third-order valence-corrected chi connectivity index (χ3v) is 4.19. The molecule has 0 amide bonds. The van der Waals surface area contributed by atoms with Crippen LogP contribution in [0.25, 0.3) is 0 Å². The molecule has 0 aliphatic rings. The van der Waals surface area contributed by atoms with Crippen molar-refractivity contribution in [2.45, 2.75) is 44.9 Å². The monoisotopic (exact) mass is 267 g/mol. The zero-order valence-electron chi connectivity index (χ0n) is 11.4. The van der Waals surface area contributed by atoms with Gasteiger partial charge in [0.1, 0.15) is 5.78 Å². The molecule has 0 aliphatic heterocycles. The van der Waals surface area contributed by atoms with Gasteiger partial charge in [0, 0.05) is 0 Å². The predicted molar refractivity (Wildman–Crippen MR) is 75.6 cm³/mol. The number of ketones is 1. The quantitative estimate of drug-likeness (QED) is 0.889. The fourth-order valence-electron chi connectivity index (χ4n) is 1.42. The van der Waals surface area contributed by atoms with Gasteiger partial charge in [-0.2, -0.15) is 0 Å². The van der Waals surface area contributed by atoms with Crippen LogP contribution >= 0.6 is 0 Å². The maximum Gasteiger partial charge on any atom is 0.147 e. The zero-order chi connectivity index (χ0) is 13.8. The van der Waals surface area contributed by atoms with E-state index < -0.39 is 17.0 Å². The molecule has 1 aromatic rings. The summed E-state index contributed by atoms with van der Waals surface area (Å²) in [6.07, 6.45) is 0.567. The largest absolute Gasteiger partial charge is 0.298 e. The fraction of sp³-hybridized carbons (Fsp3) is 0.500. The Morgan fingerprint density at radius 2 is 1.83 bits per heavy atom. The summed E-state index contributed by atoms with van der Waals surface area (Å²) in [4.78, 5) is 11.6. The Balaban J connectivity index is 2.73. The summed E-state index contributed by atoms with van der Waals surface area (Å²) in [5, 5.41) is 0. The van der Waals surface area contributed by atoms with Crippen LogP contribution in [0.15, 0.2) is 30.3 Å². The molecule has 3 nitrogen and oxygen atoms in total. The van der Waals surface area contributed by atoms with E-state index in [1.54, 1.807) is 0 Å². The second-order valence-electron chi connectivity index (χ2n) is 5.35. The molecule has 0 saturated carbocycles. The molecule has 1 unspecified atom stereocenters. The molecule has 2 atom stereocenters. The molecule has 4 heteroatoms. The highest BCUT2D eigenvalue weighted by molar-refractivity contribution is 7.84. The van der Waals surface area contributed by atoms with Crippen LogP contribution in [-0.4, -0.2) is 20.8 Å². The second kappa shape index (κ2) is 6.25. The Labute approximate surface area is 112 Å². The van der Waals surface area contributed by atoms with E-state index in [2.05, 4.69) is 4.72 Å². The number of carbonyl (C=O) groups excluding carboxylic acids is 1. The number of carbonyl (C=O) groups is 1. The number of benzene rings is 1. The minimum atomic E-state index is -1.23. The smallest absolute Gasteiger partial charge is 0.147 e. The number of rotatable bonds is 5. The van der Waals surface area contributed by atoms with E-state index in [0.717, 1.165) is 5.56 Å². The Bertz CT molecular complexity index is 423. The second-order valence-corrected chi connectivity index (χ2v) is 7.35. The van der Waals surface area contributed by atoms with Crippen LogP contribution in [0.4, 0.5) is 0 Å². The van der Waals surface area contributed by atoms with Gasteiger partial charge in [-0.15, -0.1) is 0 Å². The molecular weight excluding hydrogens is 246 g/mol. The van der Waals surface area contributed by atoms with Gasteiger partial charge >= 0.3 is 0 Å². The maximum atomic E-state index is 12.0. The van der Waals surface area contributed by atoms with Crippen LogP contribution in [0.1, 0.15) is 33.3 Å². The van der Waals surface area contributed by atoms with Gasteiger partial charge in [-0.1, -0.05) is 30.3 Å². The van der Waals surface area contributed by atoms with Gasteiger partial charge in [0.15, 0.2) is 0 Å². The molecule has 1 N–H and O–H groups in total. The molecule has 18 heavy (non-hydrogen) atoms. The van der Waals surface area contributed by atoms with Crippen LogP contribution in [0.2, 0.25) is 0 Å². The topological polar surface area (TPSA) is 46.2 Å². The maximum absolute atomic E-state index is 12.0. The Kier molecular flexibility index (Phi) is 5.23. The molecule has 0 fully saturated rings. The van der Waals surface area contributed by atoms with Crippen molar-refractivity contribution >= 4 is 16.8 Å². The average Bonchev–Trinajstić information content (AvgIpc) is 2.28. The molecule has 0 aliphatic carbocycles. The molecule has 0 heterocycles. The lowest BCUT2D eigenvalue weighted by Crippen LogP contribution is -2.44. The van der Waals surface area contributed by atoms with Crippen molar-refractivity contribution in [3.05, 3.63) is 35.9 Å². The first-order valence-electron chi connectivity index (χ1n) is 6.03. The lowest BCUT2D eigenvalue weighted by Gasteiger charge is -2.22. The lowest BCUT2D eigenvalue weighted by atomic mass is 10.0. The normalized spacial score (nSPS) is 15.1. The van der Waals surface area contributed by atoms with Crippen LogP contribution < -0.4 is 4.72 Å². The van der Waals surface area contributed by atoms with Gasteiger partial charge < -0.3 is 0 Å². The first-order valence-corrected chi connectivity index (χ1v) is 7.18. The predicted octanol–water partition coefficient (Wildman–Crippen LogP) is 2.24. The average molecular weight is 267 g/mol. The SMILES string of the molecule is CC(=O)[C@@H](Cc1ccccc1)NS(=O)C(C)(C)C. The van der Waals surface area contributed by atoms with Crippen LogP contribution in [0.5, 0.6) is 0 Å². The Hall–Kier alpha value is -1.00. The van der Waals surface area contributed by atoms with Crippen molar-refractivity contribution in [1.82, 2.24) is 4.72 Å². The summed E-state index contributed by atoms with van der Waals surface area (Å²) < 4.78 is 14.6. The van der Waals surface area contributed by atoms with E-state index in [1.807, 2.05) is 51.1 Å². The lowest BCUT2D eigenvalue weighted by molar-refractivity contribution is -0.118. The molecular formula is C14H21NO2S. The molecule has 0 radical (unpaired) electrons. The van der Waals surface area contributed by atoms with Crippen molar-refractivity contribution in [2.75, 3.05) is 0 Å². The van der Waals surface area contributed by atoms with E-state index in [9.17, 15) is 9.00 Å². The van der Waals surface area contributed by atoms with E-state index in [0.29, 0.717) is 6.42 Å². The third kappa shape index (κ3) is 4.70. The van der Waals surface area contributed by atoms with Gasteiger partial charge in [-0.3, -0.25) is 4.79 Å². The van der Waals surface area contributed by atoms with Gasteiger partial charge in [0.05, 0.1) is 21.8 Å². The summed E-state index contributed by atoms with van der Waals surface area (Å²) in [5.41, 5.74) is 1.07. The number of nitrogens with one attached hydrogen (secondary N) is 1. The van der Waals surface area contributed by atoms with Crippen molar-refractivity contribution < 1.29 is 9.00 Å². The third-order valence-electron chi connectivity index (χ3n) is 2.58. The molecule has 1 rings (SSSR count). The standard InChI is InChI=1S/C14H21NO2S/c1-11(16)13(15-18(17)14(2,3)4)10-12-8-6-5-7-9-12/h5-9,13,15H,10H2,1-4H3/t13-,18?/m1/s1. The number of Topliss-reactive ketones (excluding diaryl/α,β-unsaturated/α-hetero) is 1. The van der Waals surface area contributed by atoms with Crippen molar-refractivity contribution in [3.8, 4) is 0 Å². The first-order chi connectivity index (χ1) is 8.30. The van der Waals surface area contributed by atoms with Gasteiger partial charge in [-0.25, -0.2) is 8.93 Å². The van der Waals surface area contributed by atoms with Crippen LogP contribution in [-0.2, 0) is 22.2 Å². The van der Waals surface area contributed by atoms with E-state index >= 15 is 0 Å². The van der Waals surface area contributed by atoms with Gasteiger partial charge in [0.2, 0.25) is 0 Å². The fourth-order valence-corrected chi connectivity index (χ4v) is 2.29. The highest BCUT2D eigenvalue weighted by Crippen LogP contribution is 2.11. The minimum absolute atomic E-state index is 0.0106.